The van der Waals surface area contributed by atoms with Crippen molar-refractivity contribution in [3.63, 3.8) is 0 Å². The zero-order chi connectivity index (χ0) is 14.5. The molecule has 0 radical (unpaired) electrons. The van der Waals surface area contributed by atoms with Gasteiger partial charge in [0.2, 0.25) is 17.5 Å². The molecule has 0 saturated carbocycles. The number of nitrogens with one attached hydrogen (secondary N) is 1. The summed E-state index contributed by atoms with van der Waals surface area (Å²) in [5.41, 5.74) is 0.862. The number of hydrogen-bond donors (Lipinski definition) is 1. The highest BCUT2D eigenvalue weighted by atomic mass is 16.2. The number of carbonyl (C=O) groups is 3. The first-order chi connectivity index (χ1) is 9.59. The van der Waals surface area contributed by atoms with Gasteiger partial charge in [0.25, 0.3) is 0 Å². The molecule has 0 saturated heterocycles. The van der Waals surface area contributed by atoms with E-state index in [4.69, 9.17) is 0 Å². The normalized spacial score (nSPS) is 9.85. The lowest BCUT2D eigenvalue weighted by Crippen LogP contribution is -2.17. The Labute approximate surface area is 116 Å². The molecule has 0 aliphatic carbocycles. The maximum absolute atomic E-state index is 12.2. The molecule has 0 spiro atoms. The van der Waals surface area contributed by atoms with Crippen LogP contribution in [0.4, 0.5) is 5.69 Å². The van der Waals surface area contributed by atoms with E-state index in [1.54, 1.807) is 48.5 Å². The van der Waals surface area contributed by atoms with Crippen LogP contribution in [0.2, 0.25) is 0 Å². The van der Waals surface area contributed by atoms with E-state index in [1.807, 2.05) is 0 Å². The Hall–Kier alpha value is -2.75. The standard InChI is InChI=1S/C16H13NO3/c1-11(18)17-14-10-6-5-9-13(14)16(20)15(19)12-7-3-2-4-8-12/h2-10H,1H3,(H,17,18). The fourth-order valence-electron chi connectivity index (χ4n) is 1.82. The second-order valence-corrected chi connectivity index (χ2v) is 4.25. The molecular weight excluding hydrogens is 254 g/mol. The highest BCUT2D eigenvalue weighted by molar-refractivity contribution is 6.50. The van der Waals surface area contributed by atoms with Crippen molar-refractivity contribution < 1.29 is 14.4 Å². The summed E-state index contributed by atoms with van der Waals surface area (Å²) in [5, 5.41) is 2.55. The van der Waals surface area contributed by atoms with Crippen LogP contribution in [0.5, 0.6) is 0 Å². The van der Waals surface area contributed by atoms with E-state index in [0.717, 1.165) is 0 Å². The topological polar surface area (TPSA) is 63.2 Å². The van der Waals surface area contributed by atoms with E-state index in [2.05, 4.69) is 5.32 Å². The number of para-hydroxylation sites is 1. The van der Waals surface area contributed by atoms with Gasteiger partial charge in [0, 0.05) is 18.1 Å². The number of anilines is 1. The second-order valence-electron chi connectivity index (χ2n) is 4.25. The Morgan fingerprint density at radius 3 is 2.05 bits per heavy atom. The molecule has 0 bridgehead atoms. The Kier molecular flexibility index (Phi) is 4.05. The van der Waals surface area contributed by atoms with Crippen LogP contribution in [0.3, 0.4) is 0 Å². The van der Waals surface area contributed by atoms with Gasteiger partial charge in [-0.2, -0.15) is 0 Å². The average Bonchev–Trinajstić information content (AvgIpc) is 2.46. The maximum atomic E-state index is 12.2. The number of Topliss-reactive ketones (excluding diaryl/α,β-unsaturated/α-hetero) is 2. The zero-order valence-corrected chi connectivity index (χ0v) is 10.9. The zero-order valence-electron chi connectivity index (χ0n) is 10.9. The Morgan fingerprint density at radius 2 is 1.40 bits per heavy atom. The minimum Gasteiger partial charge on any atom is -0.326 e. The molecule has 0 unspecified atom stereocenters. The van der Waals surface area contributed by atoms with Gasteiger partial charge in [-0.15, -0.1) is 0 Å². The number of carbonyl (C=O) groups excluding carboxylic acids is 3. The average molecular weight is 267 g/mol. The van der Waals surface area contributed by atoms with Crippen LogP contribution in [-0.2, 0) is 4.79 Å². The van der Waals surface area contributed by atoms with Crippen molar-refractivity contribution in [1.29, 1.82) is 0 Å². The van der Waals surface area contributed by atoms with Crippen molar-refractivity contribution in [3.8, 4) is 0 Å². The van der Waals surface area contributed by atoms with Crippen molar-refractivity contribution in [3.05, 3.63) is 65.7 Å². The van der Waals surface area contributed by atoms with Crippen LogP contribution in [0.25, 0.3) is 0 Å². The molecule has 4 heteroatoms. The fraction of sp³-hybridized carbons (Fsp3) is 0.0625. The van der Waals surface area contributed by atoms with Crippen LogP contribution < -0.4 is 5.32 Å². The van der Waals surface area contributed by atoms with Crippen LogP contribution in [0, 0.1) is 0 Å². The molecule has 0 aliphatic heterocycles. The molecule has 20 heavy (non-hydrogen) atoms. The van der Waals surface area contributed by atoms with Crippen molar-refractivity contribution in [2.24, 2.45) is 0 Å². The molecule has 1 amide bonds. The molecule has 2 aromatic carbocycles. The van der Waals surface area contributed by atoms with Gasteiger partial charge in [-0.3, -0.25) is 14.4 Å². The summed E-state index contributed by atoms with van der Waals surface area (Å²) in [7, 11) is 0. The fourth-order valence-corrected chi connectivity index (χ4v) is 1.82. The Balaban J connectivity index is 2.34. The smallest absolute Gasteiger partial charge is 0.235 e. The maximum Gasteiger partial charge on any atom is 0.235 e. The van der Waals surface area contributed by atoms with E-state index in [-0.39, 0.29) is 11.5 Å². The highest BCUT2D eigenvalue weighted by Gasteiger charge is 2.20. The summed E-state index contributed by atoms with van der Waals surface area (Å²) in [6, 6.07) is 14.8. The van der Waals surface area contributed by atoms with Crippen LogP contribution in [-0.4, -0.2) is 17.5 Å². The molecule has 0 atom stereocenters. The summed E-state index contributed by atoms with van der Waals surface area (Å²) in [6.45, 7) is 1.35. The van der Waals surface area contributed by atoms with Crippen molar-refractivity contribution in [1.82, 2.24) is 0 Å². The molecule has 4 nitrogen and oxygen atoms in total. The largest absolute Gasteiger partial charge is 0.326 e. The molecule has 0 aliphatic rings. The third-order valence-corrected chi connectivity index (χ3v) is 2.72. The third-order valence-electron chi connectivity index (χ3n) is 2.72. The number of amides is 1. The number of ketones is 2. The van der Waals surface area contributed by atoms with Gasteiger partial charge in [-0.25, -0.2) is 0 Å². The minimum atomic E-state index is -0.638. The number of rotatable bonds is 4. The van der Waals surface area contributed by atoms with Gasteiger partial charge in [0.05, 0.1) is 5.69 Å². The molecule has 2 rings (SSSR count). The molecular formula is C16H13NO3. The lowest BCUT2D eigenvalue weighted by molar-refractivity contribution is -0.114. The Morgan fingerprint density at radius 1 is 0.800 bits per heavy atom. The van der Waals surface area contributed by atoms with Crippen molar-refractivity contribution in [2.75, 3.05) is 5.32 Å². The summed E-state index contributed by atoms with van der Waals surface area (Å²) >= 11 is 0. The lowest BCUT2D eigenvalue weighted by Gasteiger charge is -2.08. The molecule has 1 N–H and O–H groups in total. The molecule has 0 heterocycles. The number of benzene rings is 2. The predicted molar refractivity (Wildman–Crippen MR) is 75.8 cm³/mol. The summed E-state index contributed by atoms with van der Waals surface area (Å²) in [6.07, 6.45) is 0. The van der Waals surface area contributed by atoms with Gasteiger partial charge in [0.1, 0.15) is 0 Å². The first kappa shape index (κ1) is 13.7. The quantitative estimate of drug-likeness (QED) is 0.684. The van der Waals surface area contributed by atoms with Gasteiger partial charge >= 0.3 is 0 Å². The van der Waals surface area contributed by atoms with Crippen molar-refractivity contribution >= 4 is 23.2 Å². The summed E-state index contributed by atoms with van der Waals surface area (Å²) in [5.74, 6) is -1.53. The predicted octanol–water partition coefficient (Wildman–Crippen LogP) is 2.71. The number of hydrogen-bond acceptors (Lipinski definition) is 3. The van der Waals surface area contributed by atoms with E-state index in [0.29, 0.717) is 11.3 Å². The molecule has 100 valence electrons. The molecule has 0 fully saturated rings. The van der Waals surface area contributed by atoms with Gasteiger partial charge in [0.15, 0.2) is 0 Å². The Bertz CT molecular complexity index is 662. The van der Waals surface area contributed by atoms with E-state index < -0.39 is 11.6 Å². The third kappa shape index (κ3) is 2.98. The minimum absolute atomic E-state index is 0.191. The van der Waals surface area contributed by atoms with Crippen LogP contribution in [0.1, 0.15) is 27.6 Å². The summed E-state index contributed by atoms with van der Waals surface area (Å²) in [4.78, 5) is 35.5. The van der Waals surface area contributed by atoms with E-state index in [9.17, 15) is 14.4 Å². The second kappa shape index (κ2) is 5.93. The molecule has 2 aromatic rings. The lowest BCUT2D eigenvalue weighted by atomic mass is 10.00. The molecule has 0 aromatic heterocycles. The monoisotopic (exact) mass is 267 g/mol. The van der Waals surface area contributed by atoms with Gasteiger partial charge < -0.3 is 5.32 Å². The van der Waals surface area contributed by atoms with E-state index >= 15 is 0 Å². The SMILES string of the molecule is CC(=O)Nc1ccccc1C(=O)C(=O)c1ccccc1. The van der Waals surface area contributed by atoms with E-state index in [1.165, 1.54) is 13.0 Å². The van der Waals surface area contributed by atoms with Crippen LogP contribution >= 0.6 is 0 Å². The highest BCUT2D eigenvalue weighted by Crippen LogP contribution is 2.17. The first-order valence-corrected chi connectivity index (χ1v) is 6.10. The van der Waals surface area contributed by atoms with Gasteiger partial charge in [-0.1, -0.05) is 42.5 Å². The van der Waals surface area contributed by atoms with Crippen LogP contribution in [0.15, 0.2) is 54.6 Å². The van der Waals surface area contributed by atoms with Gasteiger partial charge in [-0.05, 0) is 12.1 Å². The summed E-state index contributed by atoms with van der Waals surface area (Å²) < 4.78 is 0. The first-order valence-electron chi connectivity index (χ1n) is 6.10. The van der Waals surface area contributed by atoms with Crippen molar-refractivity contribution in [2.45, 2.75) is 6.92 Å².